The fourth-order valence-corrected chi connectivity index (χ4v) is 3.23. The van der Waals surface area contributed by atoms with Crippen LogP contribution in [-0.2, 0) is 4.74 Å². The minimum atomic E-state index is 0.0297. The molecule has 2 aromatic rings. The number of hydrogen-bond acceptors (Lipinski definition) is 4. The number of benzene rings is 1. The quantitative estimate of drug-likeness (QED) is 0.856. The third kappa shape index (κ3) is 3.33. The molecule has 0 unspecified atom stereocenters. The van der Waals surface area contributed by atoms with Crippen molar-refractivity contribution in [1.82, 2.24) is 9.97 Å². The average molecular weight is 330 g/mol. The first kappa shape index (κ1) is 14.9. The Kier molecular flexibility index (Phi) is 3.95. The monoisotopic (exact) mass is 329 g/mol. The van der Waals surface area contributed by atoms with E-state index < -0.39 is 0 Å². The van der Waals surface area contributed by atoms with Crippen LogP contribution in [0.3, 0.4) is 0 Å². The smallest absolute Gasteiger partial charge is 0.134 e. The Bertz CT molecular complexity index is 717. The summed E-state index contributed by atoms with van der Waals surface area (Å²) in [6.45, 7) is 4.39. The molecule has 0 spiro atoms. The van der Waals surface area contributed by atoms with Gasteiger partial charge in [0.15, 0.2) is 0 Å². The SMILES string of the molecule is Cc1cc(N2CCO[C@H](c3cccc(Cl)c3)C2)nc(C2CC2)n1. The zero-order valence-corrected chi connectivity index (χ0v) is 14.0. The Labute approximate surface area is 141 Å². The van der Waals surface area contributed by atoms with Crippen molar-refractivity contribution in [3.05, 3.63) is 52.4 Å². The van der Waals surface area contributed by atoms with E-state index in [-0.39, 0.29) is 6.10 Å². The van der Waals surface area contributed by atoms with Gasteiger partial charge in [-0.2, -0.15) is 0 Å². The molecule has 1 atom stereocenters. The van der Waals surface area contributed by atoms with Crippen LogP contribution in [0.2, 0.25) is 5.02 Å². The predicted octanol–water partition coefficient (Wildman–Crippen LogP) is 3.89. The molecule has 0 N–H and O–H groups in total. The normalized spacial score (nSPS) is 21.5. The van der Waals surface area contributed by atoms with Crippen LogP contribution in [0.1, 0.15) is 41.9 Å². The summed E-state index contributed by atoms with van der Waals surface area (Å²) in [5.74, 6) is 2.60. The van der Waals surface area contributed by atoms with Crippen LogP contribution in [0.5, 0.6) is 0 Å². The van der Waals surface area contributed by atoms with Gasteiger partial charge in [-0.25, -0.2) is 9.97 Å². The lowest BCUT2D eigenvalue weighted by Gasteiger charge is -2.34. The Morgan fingerprint density at radius 1 is 1.22 bits per heavy atom. The van der Waals surface area contributed by atoms with Gasteiger partial charge in [-0.3, -0.25) is 0 Å². The third-order valence-electron chi connectivity index (χ3n) is 4.41. The van der Waals surface area contributed by atoms with E-state index in [4.69, 9.17) is 21.3 Å². The molecule has 2 heterocycles. The Hall–Kier alpha value is -1.65. The molecular formula is C18H20ClN3O. The number of hydrogen-bond donors (Lipinski definition) is 0. The van der Waals surface area contributed by atoms with Crippen molar-refractivity contribution in [2.45, 2.75) is 31.8 Å². The van der Waals surface area contributed by atoms with Crippen LogP contribution in [0.4, 0.5) is 5.82 Å². The van der Waals surface area contributed by atoms with E-state index in [1.807, 2.05) is 25.1 Å². The van der Waals surface area contributed by atoms with E-state index in [1.54, 1.807) is 0 Å². The maximum atomic E-state index is 6.11. The maximum absolute atomic E-state index is 6.11. The summed E-state index contributed by atoms with van der Waals surface area (Å²) in [6, 6.07) is 9.99. The second kappa shape index (κ2) is 6.10. The molecule has 5 heteroatoms. The first-order valence-electron chi connectivity index (χ1n) is 8.16. The summed E-state index contributed by atoms with van der Waals surface area (Å²) in [7, 11) is 0. The van der Waals surface area contributed by atoms with E-state index in [0.29, 0.717) is 12.5 Å². The van der Waals surface area contributed by atoms with Crippen LogP contribution in [0, 0.1) is 6.92 Å². The van der Waals surface area contributed by atoms with Gasteiger partial charge in [-0.1, -0.05) is 23.7 Å². The molecule has 1 aromatic heterocycles. The third-order valence-corrected chi connectivity index (χ3v) is 4.65. The van der Waals surface area contributed by atoms with Crippen molar-refractivity contribution in [1.29, 1.82) is 0 Å². The maximum Gasteiger partial charge on any atom is 0.134 e. The van der Waals surface area contributed by atoms with E-state index >= 15 is 0 Å². The number of ether oxygens (including phenoxy) is 1. The van der Waals surface area contributed by atoms with Crippen molar-refractivity contribution in [2.24, 2.45) is 0 Å². The average Bonchev–Trinajstić information content (AvgIpc) is 3.39. The molecule has 0 amide bonds. The zero-order chi connectivity index (χ0) is 15.8. The number of halogens is 1. The summed E-state index contributed by atoms with van der Waals surface area (Å²) in [5, 5.41) is 0.747. The van der Waals surface area contributed by atoms with Crippen molar-refractivity contribution < 1.29 is 4.74 Å². The van der Waals surface area contributed by atoms with Gasteiger partial charge in [0.2, 0.25) is 0 Å². The molecule has 1 aromatic carbocycles. The van der Waals surface area contributed by atoms with E-state index in [1.165, 1.54) is 12.8 Å². The Morgan fingerprint density at radius 2 is 2.09 bits per heavy atom. The molecule has 0 bridgehead atoms. The van der Waals surface area contributed by atoms with Gasteiger partial charge in [-0.15, -0.1) is 0 Å². The lowest BCUT2D eigenvalue weighted by molar-refractivity contribution is 0.0395. The minimum absolute atomic E-state index is 0.0297. The molecule has 2 fully saturated rings. The van der Waals surface area contributed by atoms with Crippen LogP contribution in [-0.4, -0.2) is 29.7 Å². The lowest BCUT2D eigenvalue weighted by Crippen LogP contribution is -2.39. The van der Waals surface area contributed by atoms with Gasteiger partial charge in [0, 0.05) is 35.8 Å². The second-order valence-corrected chi connectivity index (χ2v) is 6.80. The van der Waals surface area contributed by atoms with Crippen molar-refractivity contribution in [2.75, 3.05) is 24.6 Å². The largest absolute Gasteiger partial charge is 0.370 e. The van der Waals surface area contributed by atoms with Gasteiger partial charge >= 0.3 is 0 Å². The summed E-state index contributed by atoms with van der Waals surface area (Å²) in [6.07, 6.45) is 2.47. The van der Waals surface area contributed by atoms with Crippen molar-refractivity contribution >= 4 is 17.4 Å². The van der Waals surface area contributed by atoms with Gasteiger partial charge in [0.05, 0.1) is 6.61 Å². The number of rotatable bonds is 3. The van der Waals surface area contributed by atoms with Crippen LogP contribution < -0.4 is 4.90 Å². The number of aryl methyl sites for hydroxylation is 1. The fraction of sp³-hybridized carbons (Fsp3) is 0.444. The molecular weight excluding hydrogens is 310 g/mol. The van der Waals surface area contributed by atoms with Crippen molar-refractivity contribution in [3.8, 4) is 0 Å². The summed E-state index contributed by atoms with van der Waals surface area (Å²) < 4.78 is 5.95. The Morgan fingerprint density at radius 3 is 2.87 bits per heavy atom. The topological polar surface area (TPSA) is 38.2 Å². The molecule has 1 aliphatic carbocycles. The lowest BCUT2D eigenvalue weighted by atomic mass is 10.1. The van der Waals surface area contributed by atoms with Crippen LogP contribution >= 0.6 is 11.6 Å². The van der Waals surface area contributed by atoms with Gasteiger partial charge in [-0.05, 0) is 37.5 Å². The molecule has 2 aliphatic rings. The second-order valence-electron chi connectivity index (χ2n) is 6.36. The number of aromatic nitrogens is 2. The van der Waals surface area contributed by atoms with Crippen LogP contribution in [0.15, 0.2) is 30.3 Å². The van der Waals surface area contributed by atoms with Gasteiger partial charge in [0.25, 0.3) is 0 Å². The van der Waals surface area contributed by atoms with Gasteiger partial charge in [0.1, 0.15) is 17.7 Å². The highest BCUT2D eigenvalue weighted by atomic mass is 35.5. The van der Waals surface area contributed by atoms with E-state index in [9.17, 15) is 0 Å². The first-order valence-corrected chi connectivity index (χ1v) is 8.54. The highest BCUT2D eigenvalue weighted by molar-refractivity contribution is 6.30. The summed E-state index contributed by atoms with van der Waals surface area (Å²) in [5.41, 5.74) is 2.16. The van der Waals surface area contributed by atoms with E-state index in [0.717, 1.165) is 41.0 Å². The van der Waals surface area contributed by atoms with Crippen molar-refractivity contribution in [3.63, 3.8) is 0 Å². The number of nitrogens with zero attached hydrogens (tertiary/aromatic N) is 3. The molecule has 1 saturated carbocycles. The molecule has 1 aliphatic heterocycles. The minimum Gasteiger partial charge on any atom is -0.370 e. The first-order chi connectivity index (χ1) is 11.2. The molecule has 1 saturated heterocycles. The number of anilines is 1. The molecule has 0 radical (unpaired) electrons. The standard InChI is InChI=1S/C18H20ClN3O/c1-12-9-17(21-18(20-12)13-5-6-13)22-7-8-23-16(11-22)14-3-2-4-15(19)10-14/h2-4,9-10,13,16H,5-8,11H2,1H3/t16-/m0/s1. The summed E-state index contributed by atoms with van der Waals surface area (Å²) >= 11 is 6.11. The Balaban J connectivity index is 1.57. The highest BCUT2D eigenvalue weighted by Crippen LogP contribution is 2.39. The zero-order valence-electron chi connectivity index (χ0n) is 13.2. The predicted molar refractivity (Wildman–Crippen MR) is 91.1 cm³/mol. The van der Waals surface area contributed by atoms with Gasteiger partial charge < -0.3 is 9.64 Å². The fourth-order valence-electron chi connectivity index (χ4n) is 3.03. The van der Waals surface area contributed by atoms with E-state index in [2.05, 4.69) is 22.0 Å². The molecule has 4 nitrogen and oxygen atoms in total. The number of morpholine rings is 1. The summed E-state index contributed by atoms with van der Waals surface area (Å²) in [4.78, 5) is 11.7. The highest BCUT2D eigenvalue weighted by Gasteiger charge is 2.29. The molecule has 4 rings (SSSR count). The van der Waals surface area contributed by atoms with Crippen LogP contribution in [0.25, 0.3) is 0 Å². The molecule has 23 heavy (non-hydrogen) atoms. The molecule has 120 valence electrons.